The molecule has 0 spiro atoms. The van der Waals surface area contributed by atoms with Gasteiger partial charge < -0.3 is 19.9 Å². The number of H-pyrrole nitrogens is 1. The lowest BCUT2D eigenvalue weighted by molar-refractivity contribution is 0.122. The number of halogens is 1. The third-order valence-corrected chi connectivity index (χ3v) is 4.06. The summed E-state index contributed by atoms with van der Waals surface area (Å²) in [6.45, 7) is 4.90. The van der Waals surface area contributed by atoms with Crippen LogP contribution in [0.25, 0.3) is 11.2 Å². The molecular weight excluding hydrogens is 328 g/mol. The highest BCUT2D eigenvalue weighted by molar-refractivity contribution is 6.28. The minimum Gasteiger partial charge on any atom is -0.378 e. The molecule has 0 bridgehead atoms. The van der Waals surface area contributed by atoms with Gasteiger partial charge >= 0.3 is 0 Å². The number of morpholine rings is 1. The first-order chi connectivity index (χ1) is 11.7. The predicted molar refractivity (Wildman–Crippen MR) is 94.2 cm³/mol. The fourth-order valence-electron chi connectivity index (χ4n) is 2.77. The van der Waals surface area contributed by atoms with Crippen molar-refractivity contribution in [1.82, 2.24) is 19.9 Å². The zero-order valence-electron chi connectivity index (χ0n) is 13.2. The first-order valence-electron chi connectivity index (χ1n) is 7.79. The summed E-state index contributed by atoms with van der Waals surface area (Å²) in [5, 5.41) is 3.47. The maximum absolute atomic E-state index is 6.08. The van der Waals surface area contributed by atoms with Crippen molar-refractivity contribution in [3.8, 4) is 0 Å². The molecule has 0 unspecified atom stereocenters. The highest BCUT2D eigenvalue weighted by atomic mass is 35.5. The van der Waals surface area contributed by atoms with Crippen molar-refractivity contribution in [2.45, 2.75) is 6.92 Å². The number of benzene rings is 1. The van der Waals surface area contributed by atoms with Crippen molar-refractivity contribution < 1.29 is 4.74 Å². The Labute approximate surface area is 144 Å². The van der Waals surface area contributed by atoms with E-state index >= 15 is 0 Å². The summed E-state index contributed by atoms with van der Waals surface area (Å²) >= 11 is 6.08. The molecule has 0 radical (unpaired) electrons. The number of imidazole rings is 1. The average molecular weight is 345 g/mol. The molecule has 0 aliphatic carbocycles. The topological polar surface area (TPSA) is 79.0 Å². The molecule has 7 nitrogen and oxygen atoms in total. The molecule has 1 fully saturated rings. The second-order valence-electron chi connectivity index (χ2n) is 5.69. The van der Waals surface area contributed by atoms with Gasteiger partial charge in [0.05, 0.1) is 13.2 Å². The quantitative estimate of drug-likeness (QED) is 0.711. The van der Waals surface area contributed by atoms with E-state index in [-0.39, 0.29) is 5.28 Å². The zero-order valence-corrected chi connectivity index (χ0v) is 14.0. The maximum atomic E-state index is 6.08. The molecule has 2 N–H and O–H groups in total. The molecule has 1 aromatic carbocycles. The molecule has 24 heavy (non-hydrogen) atoms. The Kier molecular flexibility index (Phi) is 3.95. The first kappa shape index (κ1) is 15.2. The Morgan fingerprint density at radius 1 is 1.21 bits per heavy atom. The van der Waals surface area contributed by atoms with Crippen LogP contribution < -0.4 is 10.2 Å². The van der Waals surface area contributed by atoms with Gasteiger partial charge in [0.1, 0.15) is 0 Å². The van der Waals surface area contributed by atoms with Crippen molar-refractivity contribution in [3.63, 3.8) is 0 Å². The van der Waals surface area contributed by atoms with Gasteiger partial charge in [0.25, 0.3) is 0 Å². The second-order valence-corrected chi connectivity index (χ2v) is 6.03. The number of hydrogen-bond acceptors (Lipinski definition) is 6. The van der Waals surface area contributed by atoms with Gasteiger partial charge in [0.2, 0.25) is 11.2 Å². The number of aromatic nitrogens is 4. The fraction of sp³-hybridized carbons (Fsp3) is 0.312. The maximum Gasteiger partial charge on any atom is 0.226 e. The molecule has 3 heterocycles. The van der Waals surface area contributed by atoms with Gasteiger partial charge in [-0.3, -0.25) is 0 Å². The van der Waals surface area contributed by atoms with Gasteiger partial charge in [0, 0.05) is 18.8 Å². The second kappa shape index (κ2) is 6.26. The van der Waals surface area contributed by atoms with Crippen molar-refractivity contribution in [1.29, 1.82) is 0 Å². The van der Waals surface area contributed by atoms with Crippen molar-refractivity contribution >= 4 is 40.2 Å². The molecule has 124 valence electrons. The van der Waals surface area contributed by atoms with Gasteiger partial charge in [0.15, 0.2) is 17.0 Å². The van der Waals surface area contributed by atoms with E-state index in [0.717, 1.165) is 24.6 Å². The van der Waals surface area contributed by atoms with Gasteiger partial charge in [-0.1, -0.05) is 12.1 Å². The van der Waals surface area contributed by atoms with Crippen LogP contribution in [0.5, 0.6) is 0 Å². The molecule has 1 saturated heterocycles. The van der Waals surface area contributed by atoms with Crippen LogP contribution in [0.4, 0.5) is 17.5 Å². The molecule has 4 rings (SSSR count). The molecule has 8 heteroatoms. The largest absolute Gasteiger partial charge is 0.378 e. The number of nitrogens with zero attached hydrogens (tertiary/aromatic N) is 4. The molecule has 0 amide bonds. The number of fused-ring (bicyclic) bond motifs is 1. The molecule has 0 saturated carbocycles. The normalized spacial score (nSPS) is 15.0. The van der Waals surface area contributed by atoms with Crippen LogP contribution in [0.1, 0.15) is 5.56 Å². The Hall–Kier alpha value is -2.38. The number of rotatable bonds is 3. The molecule has 1 aliphatic heterocycles. The smallest absolute Gasteiger partial charge is 0.226 e. The zero-order chi connectivity index (χ0) is 16.5. The van der Waals surface area contributed by atoms with E-state index in [1.54, 1.807) is 0 Å². The van der Waals surface area contributed by atoms with E-state index in [1.165, 1.54) is 5.56 Å². The van der Waals surface area contributed by atoms with E-state index in [2.05, 4.69) is 36.2 Å². The van der Waals surface area contributed by atoms with Crippen LogP contribution in [0, 0.1) is 6.92 Å². The number of aromatic amines is 1. The number of aryl methyl sites for hydroxylation is 1. The number of hydrogen-bond donors (Lipinski definition) is 2. The summed E-state index contributed by atoms with van der Waals surface area (Å²) in [6.07, 6.45) is 0. The van der Waals surface area contributed by atoms with E-state index in [1.807, 2.05) is 25.1 Å². The van der Waals surface area contributed by atoms with Gasteiger partial charge in [-0.05, 0) is 36.2 Å². The highest BCUT2D eigenvalue weighted by Gasteiger charge is 2.20. The Morgan fingerprint density at radius 3 is 2.83 bits per heavy atom. The van der Waals surface area contributed by atoms with Crippen LogP contribution in [0.15, 0.2) is 24.3 Å². The standard InChI is InChI=1S/C16H17ClN6O/c1-10-3-2-4-11(9-10)18-16-19-12-13(21-16)20-15(17)22-14(12)23-5-7-24-8-6-23/h2-4,9H,5-8H2,1H3,(H2,18,19,20,21,22). The number of ether oxygens (including phenoxy) is 1. The minimum absolute atomic E-state index is 0.203. The Balaban J connectivity index is 1.71. The predicted octanol–water partition coefficient (Wildman–Crippen LogP) is 2.89. The third-order valence-electron chi connectivity index (χ3n) is 3.89. The third kappa shape index (κ3) is 3.00. The van der Waals surface area contributed by atoms with Gasteiger partial charge in [-0.15, -0.1) is 0 Å². The van der Waals surface area contributed by atoms with Crippen LogP contribution in [0.2, 0.25) is 5.28 Å². The van der Waals surface area contributed by atoms with E-state index in [9.17, 15) is 0 Å². The van der Waals surface area contributed by atoms with Crippen molar-refractivity contribution in [3.05, 3.63) is 35.1 Å². The average Bonchev–Trinajstić information content (AvgIpc) is 2.97. The Morgan fingerprint density at radius 2 is 2.04 bits per heavy atom. The van der Waals surface area contributed by atoms with Gasteiger partial charge in [-0.25, -0.2) is 4.98 Å². The number of anilines is 3. The molecule has 1 aliphatic rings. The van der Waals surface area contributed by atoms with E-state index < -0.39 is 0 Å². The summed E-state index contributed by atoms with van der Waals surface area (Å²) in [5.74, 6) is 1.35. The van der Waals surface area contributed by atoms with E-state index in [0.29, 0.717) is 30.3 Å². The van der Waals surface area contributed by atoms with Crippen LogP contribution in [-0.2, 0) is 4.74 Å². The van der Waals surface area contributed by atoms with Crippen molar-refractivity contribution in [2.24, 2.45) is 0 Å². The van der Waals surface area contributed by atoms with Crippen LogP contribution >= 0.6 is 11.6 Å². The first-order valence-corrected chi connectivity index (χ1v) is 8.16. The molecule has 0 atom stereocenters. The molecular formula is C16H17ClN6O. The summed E-state index contributed by atoms with van der Waals surface area (Å²) in [7, 11) is 0. The molecule has 3 aromatic rings. The fourth-order valence-corrected chi connectivity index (χ4v) is 2.94. The minimum atomic E-state index is 0.203. The summed E-state index contributed by atoms with van der Waals surface area (Å²) in [5.41, 5.74) is 3.46. The SMILES string of the molecule is Cc1cccc(Nc2nc3c(N4CCOCC4)nc(Cl)nc3[nH]2)c1. The monoisotopic (exact) mass is 344 g/mol. The Bertz CT molecular complexity index is 874. The number of nitrogens with one attached hydrogen (secondary N) is 2. The highest BCUT2D eigenvalue weighted by Crippen LogP contribution is 2.26. The lowest BCUT2D eigenvalue weighted by Crippen LogP contribution is -2.37. The van der Waals surface area contributed by atoms with Gasteiger partial charge in [-0.2, -0.15) is 9.97 Å². The lowest BCUT2D eigenvalue weighted by Gasteiger charge is -2.27. The summed E-state index contributed by atoms with van der Waals surface area (Å²) in [6, 6.07) is 8.08. The molecule has 2 aromatic heterocycles. The lowest BCUT2D eigenvalue weighted by atomic mass is 10.2. The summed E-state index contributed by atoms with van der Waals surface area (Å²) < 4.78 is 5.40. The van der Waals surface area contributed by atoms with Crippen molar-refractivity contribution in [2.75, 3.05) is 36.5 Å². The van der Waals surface area contributed by atoms with Crippen LogP contribution in [0.3, 0.4) is 0 Å². The summed E-state index contributed by atoms with van der Waals surface area (Å²) in [4.78, 5) is 18.5. The van der Waals surface area contributed by atoms with E-state index in [4.69, 9.17) is 16.3 Å². The van der Waals surface area contributed by atoms with Crippen LogP contribution in [-0.4, -0.2) is 46.2 Å².